The first-order chi connectivity index (χ1) is 13.5. The smallest absolute Gasteiger partial charge is 0.263 e. The van der Waals surface area contributed by atoms with Gasteiger partial charge in [-0.3, -0.25) is 14.2 Å². The summed E-state index contributed by atoms with van der Waals surface area (Å²) in [7, 11) is 0. The minimum absolute atomic E-state index is 0.0662. The van der Waals surface area contributed by atoms with Gasteiger partial charge in [0, 0.05) is 16.7 Å². The number of hydrogen-bond donors (Lipinski definition) is 1. The fraction of sp³-hybridized carbons (Fsp3) is 0.333. The standard InChI is InChI=1S/C21H21BrN4O2/c1-13-5-6-18-15(7-13)9-17-20(25-18)24-12-26(21(17)28)11-19(27)23-10-14-3-2-4-16(22)8-14/h2-4,8-9,12-13H,5-7,10-11H2,1H3,(H,23,27). The molecule has 2 heterocycles. The molecule has 1 unspecified atom stereocenters. The van der Waals surface area contributed by atoms with E-state index >= 15 is 0 Å². The summed E-state index contributed by atoms with van der Waals surface area (Å²) in [4.78, 5) is 34.1. The highest BCUT2D eigenvalue weighted by Gasteiger charge is 2.19. The van der Waals surface area contributed by atoms with Crippen LogP contribution < -0.4 is 10.9 Å². The Labute approximate surface area is 171 Å². The third kappa shape index (κ3) is 3.99. The molecule has 1 aliphatic carbocycles. The molecule has 1 amide bonds. The van der Waals surface area contributed by atoms with Gasteiger partial charge in [-0.15, -0.1) is 0 Å². The summed E-state index contributed by atoms with van der Waals surface area (Å²) in [6.45, 7) is 2.55. The molecule has 4 rings (SSSR count). The third-order valence-electron chi connectivity index (χ3n) is 5.12. The summed E-state index contributed by atoms with van der Waals surface area (Å²) in [6, 6.07) is 9.64. The number of aromatic nitrogens is 3. The second-order valence-corrected chi connectivity index (χ2v) is 8.31. The van der Waals surface area contributed by atoms with Gasteiger partial charge in [-0.05, 0) is 54.5 Å². The Hall–Kier alpha value is -2.54. The maximum atomic E-state index is 12.8. The van der Waals surface area contributed by atoms with Crippen molar-refractivity contribution in [2.45, 2.75) is 39.3 Å². The number of aryl methyl sites for hydroxylation is 1. The highest BCUT2D eigenvalue weighted by molar-refractivity contribution is 9.10. The zero-order valence-corrected chi connectivity index (χ0v) is 17.2. The van der Waals surface area contributed by atoms with Gasteiger partial charge in [0.1, 0.15) is 12.9 Å². The zero-order valence-electron chi connectivity index (χ0n) is 15.6. The van der Waals surface area contributed by atoms with Crippen molar-refractivity contribution in [3.05, 3.63) is 68.3 Å². The van der Waals surface area contributed by atoms with Crippen LogP contribution in [-0.4, -0.2) is 20.4 Å². The number of carbonyl (C=O) groups excluding carboxylic acids is 1. The SMILES string of the molecule is CC1CCc2nc3ncn(CC(=O)NCc4cccc(Br)c4)c(=O)c3cc2C1. The first kappa shape index (κ1) is 18.8. The molecule has 0 aliphatic heterocycles. The van der Waals surface area contributed by atoms with E-state index < -0.39 is 0 Å². The van der Waals surface area contributed by atoms with Crippen molar-refractivity contribution in [2.24, 2.45) is 5.92 Å². The van der Waals surface area contributed by atoms with E-state index in [1.54, 1.807) is 0 Å². The number of nitrogens with zero attached hydrogens (tertiary/aromatic N) is 3. The molecule has 0 bridgehead atoms. The maximum Gasteiger partial charge on any atom is 0.263 e. The molecule has 6 nitrogen and oxygen atoms in total. The Bertz CT molecular complexity index is 1110. The van der Waals surface area contributed by atoms with Crippen molar-refractivity contribution in [3.63, 3.8) is 0 Å². The van der Waals surface area contributed by atoms with E-state index in [9.17, 15) is 9.59 Å². The number of amides is 1. The number of nitrogens with one attached hydrogen (secondary N) is 1. The summed E-state index contributed by atoms with van der Waals surface area (Å²) in [5.74, 6) is 0.359. The van der Waals surface area contributed by atoms with Crippen LogP contribution in [0.3, 0.4) is 0 Å². The van der Waals surface area contributed by atoms with Crippen LogP contribution in [0.2, 0.25) is 0 Å². The molecule has 0 spiro atoms. The normalized spacial score (nSPS) is 16.0. The molecule has 1 N–H and O–H groups in total. The molecule has 0 radical (unpaired) electrons. The van der Waals surface area contributed by atoms with Gasteiger partial charge in [0.2, 0.25) is 5.91 Å². The second kappa shape index (κ2) is 7.83. The van der Waals surface area contributed by atoms with Crippen LogP contribution in [0.4, 0.5) is 0 Å². The highest BCUT2D eigenvalue weighted by Crippen LogP contribution is 2.25. The average molecular weight is 441 g/mol. The number of hydrogen-bond acceptors (Lipinski definition) is 4. The summed E-state index contributed by atoms with van der Waals surface area (Å²) >= 11 is 3.41. The predicted molar refractivity (Wildman–Crippen MR) is 111 cm³/mol. The molecule has 0 fully saturated rings. The predicted octanol–water partition coefficient (Wildman–Crippen LogP) is 3.00. The van der Waals surface area contributed by atoms with Crippen LogP contribution in [0, 0.1) is 5.92 Å². The van der Waals surface area contributed by atoms with Gasteiger partial charge in [-0.25, -0.2) is 9.97 Å². The van der Waals surface area contributed by atoms with Crippen LogP contribution in [0.25, 0.3) is 11.0 Å². The summed E-state index contributed by atoms with van der Waals surface area (Å²) < 4.78 is 2.30. The summed E-state index contributed by atoms with van der Waals surface area (Å²) in [5, 5.41) is 3.32. The summed E-state index contributed by atoms with van der Waals surface area (Å²) in [5.41, 5.74) is 3.39. The summed E-state index contributed by atoms with van der Waals surface area (Å²) in [6.07, 6.45) is 4.38. The Balaban J connectivity index is 1.53. The van der Waals surface area contributed by atoms with E-state index in [-0.39, 0.29) is 18.0 Å². The Morgan fingerprint density at radius 1 is 1.36 bits per heavy atom. The second-order valence-electron chi connectivity index (χ2n) is 7.40. The van der Waals surface area contributed by atoms with Gasteiger partial charge >= 0.3 is 0 Å². The van der Waals surface area contributed by atoms with Crippen molar-refractivity contribution >= 4 is 32.9 Å². The van der Waals surface area contributed by atoms with Crippen LogP contribution in [0.1, 0.15) is 30.2 Å². The molecular weight excluding hydrogens is 420 g/mol. The van der Waals surface area contributed by atoms with Crippen molar-refractivity contribution in [1.82, 2.24) is 19.9 Å². The number of fused-ring (bicyclic) bond motifs is 2. The van der Waals surface area contributed by atoms with Gasteiger partial charge in [-0.1, -0.05) is 35.0 Å². The van der Waals surface area contributed by atoms with E-state index in [1.807, 2.05) is 30.3 Å². The molecule has 1 atom stereocenters. The fourth-order valence-electron chi connectivity index (χ4n) is 3.59. The van der Waals surface area contributed by atoms with E-state index in [4.69, 9.17) is 0 Å². The molecule has 1 aromatic carbocycles. The minimum atomic E-state index is -0.234. The van der Waals surface area contributed by atoms with Crippen LogP contribution >= 0.6 is 15.9 Å². The number of benzene rings is 1. The molecule has 28 heavy (non-hydrogen) atoms. The van der Waals surface area contributed by atoms with Crippen molar-refractivity contribution < 1.29 is 4.79 Å². The fourth-order valence-corrected chi connectivity index (χ4v) is 4.04. The van der Waals surface area contributed by atoms with Gasteiger partial charge in [-0.2, -0.15) is 0 Å². The lowest BCUT2D eigenvalue weighted by molar-refractivity contribution is -0.121. The first-order valence-corrected chi connectivity index (χ1v) is 10.2. The van der Waals surface area contributed by atoms with Crippen LogP contribution in [0.5, 0.6) is 0 Å². The molecule has 0 saturated carbocycles. The molecule has 0 saturated heterocycles. The monoisotopic (exact) mass is 440 g/mol. The first-order valence-electron chi connectivity index (χ1n) is 9.38. The molecule has 3 aromatic rings. The Morgan fingerprint density at radius 2 is 2.21 bits per heavy atom. The Morgan fingerprint density at radius 3 is 3.04 bits per heavy atom. The largest absolute Gasteiger partial charge is 0.350 e. The maximum absolute atomic E-state index is 12.8. The quantitative estimate of drug-likeness (QED) is 0.676. The van der Waals surface area contributed by atoms with E-state index in [0.29, 0.717) is 23.5 Å². The van der Waals surface area contributed by atoms with Crippen LogP contribution in [0.15, 0.2) is 45.9 Å². The molecular formula is C21H21BrN4O2. The van der Waals surface area contributed by atoms with Crippen molar-refractivity contribution in [3.8, 4) is 0 Å². The van der Waals surface area contributed by atoms with Crippen molar-refractivity contribution in [1.29, 1.82) is 0 Å². The highest BCUT2D eigenvalue weighted by atomic mass is 79.9. The lowest BCUT2D eigenvalue weighted by atomic mass is 9.87. The van der Waals surface area contributed by atoms with Gasteiger partial charge in [0.25, 0.3) is 5.56 Å². The lowest BCUT2D eigenvalue weighted by Gasteiger charge is -2.20. The number of rotatable bonds is 4. The lowest BCUT2D eigenvalue weighted by Crippen LogP contribution is -2.32. The number of carbonyl (C=O) groups is 1. The van der Waals surface area contributed by atoms with E-state index in [1.165, 1.54) is 10.9 Å². The molecule has 2 aromatic heterocycles. The van der Waals surface area contributed by atoms with Gasteiger partial charge in [0.15, 0.2) is 5.65 Å². The zero-order chi connectivity index (χ0) is 19.7. The van der Waals surface area contributed by atoms with Gasteiger partial charge < -0.3 is 5.32 Å². The Kier molecular flexibility index (Phi) is 5.26. The number of halogens is 1. The average Bonchev–Trinajstić information content (AvgIpc) is 2.68. The van der Waals surface area contributed by atoms with E-state index in [2.05, 4.69) is 38.1 Å². The molecule has 144 valence electrons. The van der Waals surface area contributed by atoms with Gasteiger partial charge in [0.05, 0.1) is 5.39 Å². The minimum Gasteiger partial charge on any atom is -0.350 e. The van der Waals surface area contributed by atoms with E-state index in [0.717, 1.165) is 40.6 Å². The van der Waals surface area contributed by atoms with Crippen LogP contribution in [-0.2, 0) is 30.7 Å². The van der Waals surface area contributed by atoms with Crippen molar-refractivity contribution in [2.75, 3.05) is 0 Å². The number of pyridine rings is 1. The topological polar surface area (TPSA) is 76.9 Å². The molecule has 7 heteroatoms. The molecule has 1 aliphatic rings. The third-order valence-corrected chi connectivity index (χ3v) is 5.61.